The van der Waals surface area contributed by atoms with Gasteiger partial charge in [0.15, 0.2) is 5.96 Å². The van der Waals surface area contributed by atoms with Gasteiger partial charge in [-0.1, -0.05) is 28.1 Å². The molecule has 0 spiro atoms. The van der Waals surface area contributed by atoms with E-state index in [1.54, 1.807) is 7.05 Å². The fraction of sp³-hybridized carbons (Fsp3) is 0.529. The van der Waals surface area contributed by atoms with E-state index < -0.39 is 0 Å². The van der Waals surface area contributed by atoms with Gasteiger partial charge in [-0.2, -0.15) is 0 Å². The van der Waals surface area contributed by atoms with Gasteiger partial charge in [0.2, 0.25) is 5.91 Å². The SMILES string of the molecule is CN=C(NCC(=O)NC(C)(C)C)NC1CC1c1ccc(Br)cc1.I. The van der Waals surface area contributed by atoms with E-state index in [0.29, 0.717) is 17.9 Å². The molecule has 0 aliphatic heterocycles. The molecule has 0 bridgehead atoms. The number of nitrogens with zero attached hydrogens (tertiary/aromatic N) is 1. The summed E-state index contributed by atoms with van der Waals surface area (Å²) in [5, 5.41) is 9.35. The summed E-state index contributed by atoms with van der Waals surface area (Å²) in [5.41, 5.74) is 1.10. The Bertz CT molecular complexity index is 583. The number of nitrogens with one attached hydrogen (secondary N) is 3. The number of carbonyl (C=O) groups is 1. The molecule has 7 heteroatoms. The Balaban J connectivity index is 0.00000288. The van der Waals surface area contributed by atoms with Crippen molar-refractivity contribution in [2.75, 3.05) is 13.6 Å². The quantitative estimate of drug-likeness (QED) is 0.333. The number of carbonyl (C=O) groups excluding carboxylic acids is 1. The van der Waals surface area contributed by atoms with Crippen LogP contribution in [0.3, 0.4) is 0 Å². The molecule has 1 aliphatic carbocycles. The summed E-state index contributed by atoms with van der Waals surface area (Å²) >= 11 is 3.45. The predicted molar refractivity (Wildman–Crippen MR) is 113 cm³/mol. The van der Waals surface area contributed by atoms with Crippen LogP contribution in [-0.4, -0.2) is 37.0 Å². The van der Waals surface area contributed by atoms with Crippen LogP contribution >= 0.6 is 39.9 Å². The second-order valence-corrected chi connectivity index (χ2v) is 7.78. The van der Waals surface area contributed by atoms with E-state index in [9.17, 15) is 4.79 Å². The van der Waals surface area contributed by atoms with Crippen molar-refractivity contribution in [3.8, 4) is 0 Å². The van der Waals surface area contributed by atoms with Gasteiger partial charge in [-0.3, -0.25) is 9.79 Å². The van der Waals surface area contributed by atoms with Gasteiger partial charge < -0.3 is 16.0 Å². The molecule has 0 heterocycles. The van der Waals surface area contributed by atoms with Crippen LogP contribution in [-0.2, 0) is 4.79 Å². The molecule has 0 saturated heterocycles. The summed E-state index contributed by atoms with van der Waals surface area (Å²) in [6, 6.07) is 8.78. The molecule has 0 aromatic heterocycles. The number of halogens is 2. The third kappa shape index (κ3) is 6.96. The molecule has 2 unspecified atom stereocenters. The van der Waals surface area contributed by atoms with Gasteiger partial charge >= 0.3 is 0 Å². The maximum atomic E-state index is 11.8. The number of benzene rings is 1. The Morgan fingerprint density at radius 1 is 1.29 bits per heavy atom. The van der Waals surface area contributed by atoms with Gasteiger partial charge in [0.1, 0.15) is 0 Å². The number of aliphatic imine (C=N–C) groups is 1. The highest BCUT2D eigenvalue weighted by molar-refractivity contribution is 14.0. The number of guanidine groups is 1. The highest BCUT2D eigenvalue weighted by Crippen LogP contribution is 2.40. The first-order valence-corrected chi connectivity index (χ1v) is 8.61. The molecule has 2 rings (SSSR count). The Labute approximate surface area is 169 Å². The van der Waals surface area contributed by atoms with Crippen LogP contribution in [0, 0.1) is 0 Å². The molecule has 1 aromatic carbocycles. The minimum atomic E-state index is -0.223. The van der Waals surface area contributed by atoms with Crippen LogP contribution in [0.5, 0.6) is 0 Å². The number of amides is 1. The van der Waals surface area contributed by atoms with Crippen LogP contribution in [0.25, 0.3) is 0 Å². The monoisotopic (exact) mass is 508 g/mol. The fourth-order valence-corrected chi connectivity index (χ4v) is 2.69. The Morgan fingerprint density at radius 3 is 2.46 bits per heavy atom. The smallest absolute Gasteiger partial charge is 0.239 e. The lowest BCUT2D eigenvalue weighted by atomic mass is 10.1. The van der Waals surface area contributed by atoms with E-state index in [-0.39, 0.29) is 42.0 Å². The molecule has 3 N–H and O–H groups in total. The van der Waals surface area contributed by atoms with Crippen molar-refractivity contribution in [1.29, 1.82) is 0 Å². The van der Waals surface area contributed by atoms with Crippen molar-refractivity contribution in [2.24, 2.45) is 4.99 Å². The number of rotatable bonds is 4. The normalized spacial score (nSPS) is 20.0. The molecule has 1 saturated carbocycles. The maximum absolute atomic E-state index is 11.8. The largest absolute Gasteiger partial charge is 0.353 e. The van der Waals surface area contributed by atoms with Gasteiger partial charge in [0.05, 0.1) is 6.54 Å². The van der Waals surface area contributed by atoms with Crippen molar-refractivity contribution < 1.29 is 4.79 Å². The lowest BCUT2D eigenvalue weighted by molar-refractivity contribution is -0.121. The predicted octanol–water partition coefficient (Wildman–Crippen LogP) is 3.00. The first-order valence-electron chi connectivity index (χ1n) is 7.82. The molecular formula is C17H26BrIN4O. The van der Waals surface area contributed by atoms with E-state index in [1.807, 2.05) is 20.8 Å². The minimum Gasteiger partial charge on any atom is -0.353 e. The van der Waals surface area contributed by atoms with Crippen molar-refractivity contribution in [3.63, 3.8) is 0 Å². The molecule has 1 fully saturated rings. The fourth-order valence-electron chi connectivity index (χ4n) is 2.43. The van der Waals surface area contributed by atoms with Gasteiger partial charge in [0.25, 0.3) is 0 Å². The Kier molecular flexibility index (Phi) is 7.98. The van der Waals surface area contributed by atoms with Crippen molar-refractivity contribution >= 4 is 51.8 Å². The average molecular weight is 509 g/mol. The molecule has 134 valence electrons. The van der Waals surface area contributed by atoms with Crippen molar-refractivity contribution in [3.05, 3.63) is 34.3 Å². The third-order valence-corrected chi connectivity index (χ3v) is 4.09. The van der Waals surface area contributed by atoms with Crippen LogP contribution in [0.1, 0.15) is 38.7 Å². The van der Waals surface area contributed by atoms with E-state index in [2.05, 4.69) is 61.1 Å². The summed E-state index contributed by atoms with van der Waals surface area (Å²) in [6.07, 6.45) is 1.08. The van der Waals surface area contributed by atoms with Crippen molar-refractivity contribution in [1.82, 2.24) is 16.0 Å². The van der Waals surface area contributed by atoms with E-state index in [4.69, 9.17) is 0 Å². The van der Waals surface area contributed by atoms with Gasteiger partial charge in [-0.25, -0.2) is 0 Å². The van der Waals surface area contributed by atoms with Crippen LogP contribution in [0.15, 0.2) is 33.7 Å². The molecular weight excluding hydrogens is 483 g/mol. The zero-order valence-corrected chi connectivity index (χ0v) is 18.4. The Morgan fingerprint density at radius 2 is 1.92 bits per heavy atom. The number of hydrogen-bond donors (Lipinski definition) is 3. The summed E-state index contributed by atoms with van der Waals surface area (Å²) in [5.74, 6) is 1.13. The number of hydrogen-bond acceptors (Lipinski definition) is 2. The lowest BCUT2D eigenvalue weighted by Crippen LogP contribution is -2.48. The maximum Gasteiger partial charge on any atom is 0.239 e. The average Bonchev–Trinajstić information content (AvgIpc) is 3.21. The zero-order valence-electron chi connectivity index (χ0n) is 14.5. The van der Waals surface area contributed by atoms with E-state index >= 15 is 0 Å². The van der Waals surface area contributed by atoms with Gasteiger partial charge in [-0.05, 0) is 44.9 Å². The molecule has 24 heavy (non-hydrogen) atoms. The highest BCUT2D eigenvalue weighted by atomic mass is 127. The summed E-state index contributed by atoms with van der Waals surface area (Å²) in [6.45, 7) is 6.10. The van der Waals surface area contributed by atoms with E-state index in [0.717, 1.165) is 10.9 Å². The highest BCUT2D eigenvalue weighted by Gasteiger charge is 2.38. The Hall–Kier alpha value is -0.830. The lowest BCUT2D eigenvalue weighted by Gasteiger charge is -2.21. The summed E-state index contributed by atoms with van der Waals surface area (Å²) < 4.78 is 1.09. The zero-order chi connectivity index (χ0) is 17.0. The van der Waals surface area contributed by atoms with Crippen LogP contribution in [0.2, 0.25) is 0 Å². The standard InChI is InChI=1S/C17H25BrN4O.HI/c1-17(2,3)22-15(23)10-20-16(19-4)21-14-9-13(14)11-5-7-12(18)8-6-11;/h5-8,13-14H,9-10H2,1-4H3,(H,22,23)(H2,19,20,21);1H. The van der Waals surface area contributed by atoms with E-state index in [1.165, 1.54) is 5.56 Å². The summed E-state index contributed by atoms with van der Waals surface area (Å²) in [4.78, 5) is 16.0. The summed E-state index contributed by atoms with van der Waals surface area (Å²) in [7, 11) is 1.72. The van der Waals surface area contributed by atoms with Gasteiger partial charge in [0, 0.05) is 29.0 Å². The first-order chi connectivity index (χ1) is 10.8. The molecule has 1 aromatic rings. The van der Waals surface area contributed by atoms with Crippen LogP contribution in [0.4, 0.5) is 0 Å². The second kappa shape index (κ2) is 9.03. The molecule has 1 amide bonds. The minimum absolute atomic E-state index is 0. The molecule has 5 nitrogen and oxygen atoms in total. The molecule has 0 radical (unpaired) electrons. The van der Waals surface area contributed by atoms with Crippen LogP contribution < -0.4 is 16.0 Å². The molecule has 2 atom stereocenters. The second-order valence-electron chi connectivity index (χ2n) is 6.87. The van der Waals surface area contributed by atoms with Gasteiger partial charge in [-0.15, -0.1) is 24.0 Å². The third-order valence-electron chi connectivity index (χ3n) is 3.57. The topological polar surface area (TPSA) is 65.5 Å². The van der Waals surface area contributed by atoms with Crippen molar-refractivity contribution in [2.45, 2.75) is 44.7 Å². The molecule has 1 aliphatic rings. The first kappa shape index (κ1) is 21.2.